The molecule has 1 aromatic heterocycles. The van der Waals surface area contributed by atoms with E-state index in [1.54, 1.807) is 0 Å². The van der Waals surface area contributed by atoms with Gasteiger partial charge in [0.2, 0.25) is 0 Å². The van der Waals surface area contributed by atoms with Crippen LogP contribution in [-0.4, -0.2) is 9.91 Å². The van der Waals surface area contributed by atoms with E-state index in [2.05, 4.69) is 4.98 Å². The molecule has 0 saturated carbocycles. The van der Waals surface area contributed by atoms with E-state index >= 15 is 0 Å². The number of hydrogen-bond donors (Lipinski definition) is 1. The molecule has 0 unspecified atom stereocenters. The second kappa shape index (κ2) is 4.62. The molecule has 3 aromatic rings. The molecule has 0 bridgehead atoms. The zero-order chi connectivity index (χ0) is 14.1. The quantitative estimate of drug-likeness (QED) is 0.568. The van der Waals surface area contributed by atoms with E-state index in [0.29, 0.717) is 5.69 Å². The molecule has 0 radical (unpaired) electrons. The van der Waals surface area contributed by atoms with Gasteiger partial charge in [0.05, 0.1) is 16.7 Å². The molecule has 0 spiro atoms. The Balaban J connectivity index is 2.17. The van der Waals surface area contributed by atoms with Crippen LogP contribution in [0.1, 0.15) is 0 Å². The van der Waals surface area contributed by atoms with E-state index < -0.39 is 4.92 Å². The zero-order valence-electron chi connectivity index (χ0n) is 10.5. The van der Waals surface area contributed by atoms with Crippen LogP contribution in [0.3, 0.4) is 0 Å². The predicted octanol–water partition coefficient (Wildman–Crippen LogP) is 3.39. The molecule has 0 aliphatic carbocycles. The van der Waals surface area contributed by atoms with Gasteiger partial charge in [-0.2, -0.15) is 0 Å². The number of nitrogen functional groups attached to an aromatic ring is 1. The number of aromatic nitrogens is 1. The summed E-state index contributed by atoms with van der Waals surface area (Å²) < 4.78 is 0. The Morgan fingerprint density at radius 3 is 2.50 bits per heavy atom. The summed E-state index contributed by atoms with van der Waals surface area (Å²) in [6.45, 7) is 0. The van der Waals surface area contributed by atoms with Crippen molar-refractivity contribution < 1.29 is 4.92 Å². The van der Waals surface area contributed by atoms with Gasteiger partial charge in [0.15, 0.2) is 0 Å². The van der Waals surface area contributed by atoms with Gasteiger partial charge in [-0.05, 0) is 16.8 Å². The van der Waals surface area contributed by atoms with Gasteiger partial charge in [0.1, 0.15) is 5.82 Å². The second-order valence-electron chi connectivity index (χ2n) is 4.45. The lowest BCUT2D eigenvalue weighted by Crippen LogP contribution is -1.96. The van der Waals surface area contributed by atoms with E-state index in [-0.39, 0.29) is 11.5 Å². The van der Waals surface area contributed by atoms with E-state index in [1.165, 1.54) is 12.1 Å². The first-order valence-corrected chi connectivity index (χ1v) is 6.04. The molecule has 1 heterocycles. The van der Waals surface area contributed by atoms with E-state index in [0.717, 1.165) is 16.3 Å². The van der Waals surface area contributed by atoms with Crippen LogP contribution < -0.4 is 5.73 Å². The maximum Gasteiger partial charge on any atom is 0.275 e. The van der Waals surface area contributed by atoms with Crippen molar-refractivity contribution in [3.05, 3.63) is 64.7 Å². The number of anilines is 1. The third-order valence-corrected chi connectivity index (χ3v) is 3.09. The monoisotopic (exact) mass is 265 g/mol. The summed E-state index contributed by atoms with van der Waals surface area (Å²) >= 11 is 0. The van der Waals surface area contributed by atoms with Crippen LogP contribution >= 0.6 is 0 Å². The Morgan fingerprint density at radius 2 is 1.75 bits per heavy atom. The number of rotatable bonds is 2. The van der Waals surface area contributed by atoms with Crippen molar-refractivity contribution in [3.63, 3.8) is 0 Å². The number of nitrogens with two attached hydrogens (primary N) is 1. The molecule has 5 nitrogen and oxygen atoms in total. The average molecular weight is 265 g/mol. The highest BCUT2D eigenvalue weighted by Crippen LogP contribution is 2.27. The molecule has 0 aliphatic heterocycles. The first-order chi connectivity index (χ1) is 9.63. The first-order valence-electron chi connectivity index (χ1n) is 6.04. The van der Waals surface area contributed by atoms with Crippen LogP contribution in [0.2, 0.25) is 0 Å². The summed E-state index contributed by atoms with van der Waals surface area (Å²) in [5, 5.41) is 13.0. The van der Waals surface area contributed by atoms with Gasteiger partial charge >= 0.3 is 0 Å². The SMILES string of the molecule is Nc1cc([N+](=O)[O-])cc(-c2ccc3ccccc3c2)n1. The van der Waals surface area contributed by atoms with Gasteiger partial charge < -0.3 is 5.73 Å². The molecule has 98 valence electrons. The van der Waals surface area contributed by atoms with E-state index in [4.69, 9.17) is 5.73 Å². The highest BCUT2D eigenvalue weighted by atomic mass is 16.6. The Morgan fingerprint density at radius 1 is 1.00 bits per heavy atom. The minimum Gasteiger partial charge on any atom is -0.383 e. The molecule has 5 heteroatoms. The molecule has 3 rings (SSSR count). The predicted molar refractivity (Wildman–Crippen MR) is 78.2 cm³/mol. The molecular weight excluding hydrogens is 254 g/mol. The highest BCUT2D eigenvalue weighted by Gasteiger charge is 2.11. The van der Waals surface area contributed by atoms with Crippen LogP contribution in [0.5, 0.6) is 0 Å². The summed E-state index contributed by atoms with van der Waals surface area (Å²) in [6.07, 6.45) is 0. The maximum absolute atomic E-state index is 10.9. The van der Waals surface area contributed by atoms with Crippen LogP contribution in [-0.2, 0) is 0 Å². The normalized spacial score (nSPS) is 10.6. The largest absolute Gasteiger partial charge is 0.383 e. The van der Waals surface area contributed by atoms with Crippen molar-refractivity contribution >= 4 is 22.3 Å². The van der Waals surface area contributed by atoms with Gasteiger partial charge in [-0.3, -0.25) is 10.1 Å². The average Bonchev–Trinajstić information content (AvgIpc) is 2.46. The maximum atomic E-state index is 10.9. The molecule has 0 aliphatic rings. The molecule has 0 fully saturated rings. The number of pyridine rings is 1. The zero-order valence-corrected chi connectivity index (χ0v) is 10.5. The van der Waals surface area contributed by atoms with Crippen LogP contribution in [0.4, 0.5) is 11.5 Å². The Hall–Kier alpha value is -2.95. The Labute approximate surface area is 114 Å². The van der Waals surface area contributed by atoms with Crippen molar-refractivity contribution in [2.24, 2.45) is 0 Å². The Kier molecular flexibility index (Phi) is 2.80. The highest BCUT2D eigenvalue weighted by molar-refractivity contribution is 5.87. The fraction of sp³-hybridized carbons (Fsp3) is 0. The summed E-state index contributed by atoms with van der Waals surface area (Å²) in [4.78, 5) is 14.6. The summed E-state index contributed by atoms with van der Waals surface area (Å²) in [7, 11) is 0. The van der Waals surface area contributed by atoms with Gasteiger partial charge in [0, 0.05) is 11.6 Å². The number of fused-ring (bicyclic) bond motifs is 1. The van der Waals surface area contributed by atoms with Crippen molar-refractivity contribution in [2.45, 2.75) is 0 Å². The fourth-order valence-corrected chi connectivity index (χ4v) is 2.14. The second-order valence-corrected chi connectivity index (χ2v) is 4.45. The van der Waals surface area contributed by atoms with Crippen LogP contribution in [0.15, 0.2) is 54.6 Å². The van der Waals surface area contributed by atoms with Gasteiger partial charge in [-0.1, -0.05) is 36.4 Å². The lowest BCUT2D eigenvalue weighted by molar-refractivity contribution is -0.384. The van der Waals surface area contributed by atoms with Gasteiger partial charge in [0.25, 0.3) is 5.69 Å². The van der Waals surface area contributed by atoms with Crippen molar-refractivity contribution in [3.8, 4) is 11.3 Å². The topological polar surface area (TPSA) is 82.0 Å². The smallest absolute Gasteiger partial charge is 0.275 e. The molecule has 0 amide bonds. The van der Waals surface area contributed by atoms with Gasteiger partial charge in [-0.25, -0.2) is 4.98 Å². The molecule has 0 atom stereocenters. The van der Waals surface area contributed by atoms with Gasteiger partial charge in [-0.15, -0.1) is 0 Å². The standard InChI is InChI=1S/C15H11N3O2/c16-15-9-13(18(19)20)8-14(17-15)12-6-5-10-3-1-2-4-11(10)7-12/h1-9H,(H2,16,17). The molecule has 0 saturated heterocycles. The fourth-order valence-electron chi connectivity index (χ4n) is 2.14. The summed E-state index contributed by atoms with van der Waals surface area (Å²) in [5.41, 5.74) is 6.88. The molecule has 2 N–H and O–H groups in total. The molecule has 20 heavy (non-hydrogen) atoms. The number of nitrogens with zero attached hydrogens (tertiary/aromatic N) is 2. The molecule has 2 aromatic carbocycles. The number of hydrogen-bond acceptors (Lipinski definition) is 4. The third-order valence-electron chi connectivity index (χ3n) is 3.09. The molecular formula is C15H11N3O2. The minimum absolute atomic E-state index is 0.0549. The number of nitro groups is 1. The van der Waals surface area contributed by atoms with E-state index in [1.807, 2.05) is 42.5 Å². The third kappa shape index (κ3) is 2.16. The summed E-state index contributed by atoms with van der Waals surface area (Å²) in [6, 6.07) is 16.4. The number of benzene rings is 2. The van der Waals surface area contributed by atoms with Crippen LogP contribution in [0.25, 0.3) is 22.0 Å². The van der Waals surface area contributed by atoms with Crippen molar-refractivity contribution in [1.82, 2.24) is 4.98 Å². The minimum atomic E-state index is -0.470. The van der Waals surface area contributed by atoms with E-state index in [9.17, 15) is 10.1 Å². The van der Waals surface area contributed by atoms with Crippen molar-refractivity contribution in [1.29, 1.82) is 0 Å². The summed E-state index contributed by atoms with van der Waals surface area (Å²) in [5.74, 6) is 0.141. The lowest BCUT2D eigenvalue weighted by atomic mass is 10.0. The van der Waals surface area contributed by atoms with Crippen molar-refractivity contribution in [2.75, 3.05) is 5.73 Å². The first kappa shape index (κ1) is 12.1. The Bertz CT molecular complexity index is 815. The lowest BCUT2D eigenvalue weighted by Gasteiger charge is -2.04. The van der Waals surface area contributed by atoms with Crippen LogP contribution in [0, 0.1) is 10.1 Å².